The summed E-state index contributed by atoms with van der Waals surface area (Å²) in [7, 11) is 0. The number of nitrogens with one attached hydrogen (secondary N) is 1. The first-order valence-electron chi connectivity index (χ1n) is 8.44. The number of nitro groups is 1. The molecular weight excluding hydrogens is 336 g/mol. The molecule has 136 valence electrons. The zero-order valence-corrected chi connectivity index (χ0v) is 14.2. The molecule has 0 spiro atoms. The van der Waals surface area contributed by atoms with Crippen molar-refractivity contribution in [1.82, 2.24) is 10.3 Å². The molecule has 1 aliphatic rings. The lowest BCUT2D eigenvalue weighted by molar-refractivity contribution is -0.384. The molecule has 2 aromatic rings. The van der Waals surface area contributed by atoms with E-state index < -0.39 is 4.92 Å². The number of hydrogen-bond acceptors (Lipinski definition) is 6. The first-order chi connectivity index (χ1) is 12.6. The Labute approximate surface area is 150 Å². The summed E-state index contributed by atoms with van der Waals surface area (Å²) < 4.78 is 5.11. The van der Waals surface area contributed by atoms with Crippen LogP contribution in [0.25, 0.3) is 0 Å². The summed E-state index contributed by atoms with van der Waals surface area (Å²) in [5.74, 6) is 0.447. The minimum Gasteiger partial charge on any atom is -0.463 e. The third-order valence-corrected chi connectivity index (χ3v) is 4.42. The van der Waals surface area contributed by atoms with Gasteiger partial charge in [-0.05, 0) is 43.6 Å². The SMILES string of the molecule is O=C(N/N=C\c1ccco1)C1CCN(Cc2ccc([N+](=O)[O-])cc2)CC1. The van der Waals surface area contributed by atoms with Crippen LogP contribution < -0.4 is 5.43 Å². The number of non-ortho nitro benzene ring substituents is 1. The van der Waals surface area contributed by atoms with E-state index in [1.165, 1.54) is 18.3 Å². The van der Waals surface area contributed by atoms with Crippen LogP contribution in [0.15, 0.2) is 52.2 Å². The van der Waals surface area contributed by atoms with Gasteiger partial charge in [0, 0.05) is 24.6 Å². The van der Waals surface area contributed by atoms with Gasteiger partial charge < -0.3 is 4.42 Å². The molecule has 0 radical (unpaired) electrons. The Hall–Kier alpha value is -3.00. The van der Waals surface area contributed by atoms with Crippen molar-refractivity contribution in [2.75, 3.05) is 13.1 Å². The van der Waals surface area contributed by atoms with Crippen LogP contribution in [-0.2, 0) is 11.3 Å². The fourth-order valence-electron chi connectivity index (χ4n) is 2.95. The van der Waals surface area contributed by atoms with E-state index in [2.05, 4.69) is 15.4 Å². The monoisotopic (exact) mass is 356 g/mol. The first-order valence-corrected chi connectivity index (χ1v) is 8.44. The highest BCUT2D eigenvalue weighted by Gasteiger charge is 2.24. The van der Waals surface area contributed by atoms with Crippen LogP contribution >= 0.6 is 0 Å². The van der Waals surface area contributed by atoms with E-state index in [1.54, 1.807) is 30.5 Å². The third-order valence-electron chi connectivity index (χ3n) is 4.42. The molecule has 1 aliphatic heterocycles. The summed E-state index contributed by atoms with van der Waals surface area (Å²) >= 11 is 0. The predicted molar refractivity (Wildman–Crippen MR) is 95.5 cm³/mol. The summed E-state index contributed by atoms with van der Waals surface area (Å²) in [5.41, 5.74) is 3.69. The number of nitro benzene ring substituents is 1. The van der Waals surface area contributed by atoms with Gasteiger partial charge >= 0.3 is 0 Å². The number of carbonyl (C=O) groups is 1. The molecule has 3 rings (SSSR count). The normalized spacial score (nSPS) is 16.0. The Bertz CT molecular complexity index is 763. The molecule has 8 heteroatoms. The number of likely N-dealkylation sites (tertiary alicyclic amines) is 1. The third kappa shape index (κ3) is 4.76. The molecule has 1 aromatic heterocycles. The van der Waals surface area contributed by atoms with Crippen LogP contribution in [0.1, 0.15) is 24.2 Å². The molecule has 1 saturated heterocycles. The molecule has 26 heavy (non-hydrogen) atoms. The van der Waals surface area contributed by atoms with Crippen LogP contribution in [-0.4, -0.2) is 35.0 Å². The smallest absolute Gasteiger partial charge is 0.269 e. The van der Waals surface area contributed by atoms with Gasteiger partial charge in [0.1, 0.15) is 5.76 Å². The number of hydrazone groups is 1. The maximum Gasteiger partial charge on any atom is 0.269 e. The number of carbonyl (C=O) groups excluding carboxylic acids is 1. The summed E-state index contributed by atoms with van der Waals surface area (Å²) in [6.07, 6.45) is 4.54. The Morgan fingerprint density at radius 1 is 1.31 bits per heavy atom. The first kappa shape index (κ1) is 17.8. The van der Waals surface area contributed by atoms with Gasteiger partial charge in [-0.1, -0.05) is 12.1 Å². The Balaban J connectivity index is 1.43. The van der Waals surface area contributed by atoms with E-state index in [-0.39, 0.29) is 17.5 Å². The second-order valence-corrected chi connectivity index (χ2v) is 6.22. The fraction of sp³-hybridized carbons (Fsp3) is 0.333. The number of hydrogen-bond donors (Lipinski definition) is 1. The maximum absolute atomic E-state index is 12.2. The van der Waals surface area contributed by atoms with Gasteiger partial charge in [-0.25, -0.2) is 5.43 Å². The lowest BCUT2D eigenvalue weighted by Gasteiger charge is -2.30. The largest absolute Gasteiger partial charge is 0.463 e. The Kier molecular flexibility index (Phi) is 5.75. The highest BCUT2D eigenvalue weighted by atomic mass is 16.6. The number of amides is 1. The molecule has 0 aliphatic carbocycles. The molecule has 0 bridgehead atoms. The minimum atomic E-state index is -0.401. The van der Waals surface area contributed by atoms with Crippen molar-refractivity contribution in [2.45, 2.75) is 19.4 Å². The van der Waals surface area contributed by atoms with Crippen LogP contribution in [0.2, 0.25) is 0 Å². The predicted octanol–water partition coefficient (Wildman–Crippen LogP) is 2.55. The van der Waals surface area contributed by atoms with E-state index >= 15 is 0 Å². The molecule has 1 fully saturated rings. The van der Waals surface area contributed by atoms with Crippen molar-refractivity contribution in [3.8, 4) is 0 Å². The van der Waals surface area contributed by atoms with E-state index in [4.69, 9.17) is 4.42 Å². The van der Waals surface area contributed by atoms with Crippen molar-refractivity contribution in [3.63, 3.8) is 0 Å². The zero-order valence-electron chi connectivity index (χ0n) is 14.2. The van der Waals surface area contributed by atoms with Crippen molar-refractivity contribution in [3.05, 3.63) is 64.1 Å². The molecule has 2 heterocycles. The zero-order chi connectivity index (χ0) is 18.4. The average Bonchev–Trinajstić information content (AvgIpc) is 3.16. The molecule has 8 nitrogen and oxygen atoms in total. The van der Waals surface area contributed by atoms with Gasteiger partial charge in [-0.15, -0.1) is 0 Å². The van der Waals surface area contributed by atoms with E-state index in [1.807, 2.05) is 0 Å². The topological polar surface area (TPSA) is 101 Å². The standard InChI is InChI=1S/C18H20N4O4/c23-18(20-19-12-17-2-1-11-26-17)15-7-9-21(10-8-15)13-14-3-5-16(6-4-14)22(24)25/h1-6,11-12,15H,7-10,13H2,(H,20,23)/b19-12-. The molecule has 0 atom stereocenters. The van der Waals surface area contributed by atoms with Crippen molar-refractivity contribution < 1.29 is 14.1 Å². The van der Waals surface area contributed by atoms with Gasteiger partial charge in [-0.2, -0.15) is 5.10 Å². The van der Waals surface area contributed by atoms with Crippen molar-refractivity contribution in [1.29, 1.82) is 0 Å². The maximum atomic E-state index is 12.2. The fourth-order valence-corrected chi connectivity index (χ4v) is 2.95. The van der Waals surface area contributed by atoms with Gasteiger partial charge in [0.2, 0.25) is 5.91 Å². The Morgan fingerprint density at radius 2 is 2.04 bits per heavy atom. The summed E-state index contributed by atoms with van der Waals surface area (Å²) in [6.45, 7) is 2.33. The average molecular weight is 356 g/mol. The molecule has 1 aromatic carbocycles. The van der Waals surface area contributed by atoms with Crippen molar-refractivity contribution >= 4 is 17.8 Å². The van der Waals surface area contributed by atoms with E-state index in [0.29, 0.717) is 5.76 Å². The number of nitrogens with zero attached hydrogens (tertiary/aromatic N) is 3. The van der Waals surface area contributed by atoms with Gasteiger partial charge in [0.25, 0.3) is 5.69 Å². The molecule has 0 unspecified atom stereocenters. The number of piperidine rings is 1. The van der Waals surface area contributed by atoms with Crippen LogP contribution in [0, 0.1) is 16.0 Å². The highest BCUT2D eigenvalue weighted by Crippen LogP contribution is 2.20. The van der Waals surface area contributed by atoms with Crippen LogP contribution in [0.3, 0.4) is 0 Å². The molecule has 0 saturated carbocycles. The second kappa shape index (κ2) is 8.39. The lowest BCUT2D eigenvalue weighted by Crippen LogP contribution is -2.39. The van der Waals surface area contributed by atoms with Crippen LogP contribution in [0.4, 0.5) is 5.69 Å². The molecular formula is C18H20N4O4. The lowest BCUT2D eigenvalue weighted by atomic mass is 9.96. The number of furan rings is 1. The summed E-state index contributed by atoms with van der Waals surface area (Å²) in [5, 5.41) is 14.6. The quantitative estimate of drug-likeness (QED) is 0.487. The van der Waals surface area contributed by atoms with Crippen molar-refractivity contribution in [2.24, 2.45) is 11.0 Å². The summed E-state index contributed by atoms with van der Waals surface area (Å²) in [4.78, 5) is 24.7. The van der Waals surface area contributed by atoms with E-state index in [0.717, 1.165) is 38.0 Å². The second-order valence-electron chi connectivity index (χ2n) is 6.22. The molecule has 1 N–H and O–H groups in total. The van der Waals surface area contributed by atoms with Gasteiger partial charge in [-0.3, -0.25) is 19.8 Å². The van der Waals surface area contributed by atoms with E-state index in [9.17, 15) is 14.9 Å². The number of rotatable bonds is 6. The van der Waals surface area contributed by atoms with Gasteiger partial charge in [0.05, 0.1) is 17.4 Å². The minimum absolute atomic E-state index is 0.0585. The number of benzene rings is 1. The summed E-state index contributed by atoms with van der Waals surface area (Å²) in [6, 6.07) is 10.1. The Morgan fingerprint density at radius 3 is 2.65 bits per heavy atom. The van der Waals surface area contributed by atoms with Gasteiger partial charge in [0.15, 0.2) is 0 Å². The highest BCUT2D eigenvalue weighted by molar-refractivity contribution is 5.81. The molecule has 1 amide bonds. The van der Waals surface area contributed by atoms with Crippen LogP contribution in [0.5, 0.6) is 0 Å².